The summed E-state index contributed by atoms with van der Waals surface area (Å²) in [7, 11) is 1.94. The zero-order valence-corrected chi connectivity index (χ0v) is 10.4. The van der Waals surface area contributed by atoms with Crippen LogP contribution in [0.4, 0.5) is 21.5 Å². The number of rotatable bonds is 2. The Hall–Kier alpha value is -2.56. The van der Waals surface area contributed by atoms with Crippen LogP contribution in [-0.4, -0.2) is 9.55 Å². The van der Waals surface area contributed by atoms with Crippen molar-refractivity contribution in [2.75, 3.05) is 11.1 Å². The van der Waals surface area contributed by atoms with Crippen molar-refractivity contribution >= 4 is 28.1 Å². The van der Waals surface area contributed by atoms with E-state index in [9.17, 15) is 4.39 Å². The lowest BCUT2D eigenvalue weighted by atomic mass is 10.2. The Labute approximate surface area is 109 Å². The minimum absolute atomic E-state index is 0.344. The number of aryl methyl sites for hydroxylation is 1. The Kier molecular flexibility index (Phi) is 2.59. The van der Waals surface area contributed by atoms with Crippen LogP contribution in [0.15, 0.2) is 42.7 Å². The lowest BCUT2D eigenvalue weighted by Crippen LogP contribution is -1.97. The van der Waals surface area contributed by atoms with E-state index < -0.39 is 0 Å². The van der Waals surface area contributed by atoms with Crippen molar-refractivity contribution in [1.29, 1.82) is 0 Å². The van der Waals surface area contributed by atoms with Gasteiger partial charge in [0.1, 0.15) is 5.82 Å². The number of anilines is 3. The average molecular weight is 256 g/mol. The van der Waals surface area contributed by atoms with E-state index in [1.165, 1.54) is 12.1 Å². The normalized spacial score (nSPS) is 10.8. The molecule has 0 saturated carbocycles. The number of nitrogens with two attached hydrogens (primary N) is 1. The number of aromatic nitrogens is 2. The number of hydrogen-bond donors (Lipinski definition) is 2. The van der Waals surface area contributed by atoms with Crippen molar-refractivity contribution in [3.05, 3.63) is 48.5 Å². The second-order valence-electron chi connectivity index (χ2n) is 4.42. The van der Waals surface area contributed by atoms with Crippen LogP contribution in [0.1, 0.15) is 0 Å². The third-order valence-electron chi connectivity index (χ3n) is 3.02. The third kappa shape index (κ3) is 2.10. The highest BCUT2D eigenvalue weighted by Crippen LogP contribution is 2.25. The van der Waals surface area contributed by atoms with E-state index in [0.717, 1.165) is 16.7 Å². The van der Waals surface area contributed by atoms with Crippen LogP contribution in [-0.2, 0) is 7.05 Å². The lowest BCUT2D eigenvalue weighted by molar-refractivity contribution is 0.628. The summed E-state index contributed by atoms with van der Waals surface area (Å²) in [5, 5.41) is 3.16. The van der Waals surface area contributed by atoms with Gasteiger partial charge in [-0.05, 0) is 36.4 Å². The summed E-state index contributed by atoms with van der Waals surface area (Å²) >= 11 is 0. The minimum atomic E-state index is -0.344. The largest absolute Gasteiger partial charge is 0.397 e. The SMILES string of the molecule is Cn1cnc2cc(Nc3ccc(F)cc3N)ccc21. The van der Waals surface area contributed by atoms with E-state index in [2.05, 4.69) is 10.3 Å². The summed E-state index contributed by atoms with van der Waals surface area (Å²) in [4.78, 5) is 4.29. The molecule has 0 saturated heterocycles. The van der Waals surface area contributed by atoms with Crippen LogP contribution in [0.25, 0.3) is 11.0 Å². The van der Waals surface area contributed by atoms with E-state index in [0.29, 0.717) is 11.4 Å². The first-order chi connectivity index (χ1) is 9.13. The molecule has 19 heavy (non-hydrogen) atoms. The number of nitrogens with zero attached hydrogens (tertiary/aromatic N) is 2. The van der Waals surface area contributed by atoms with Crippen LogP contribution in [0, 0.1) is 5.82 Å². The maximum Gasteiger partial charge on any atom is 0.125 e. The summed E-state index contributed by atoms with van der Waals surface area (Å²) in [6.45, 7) is 0. The molecule has 0 fully saturated rings. The van der Waals surface area contributed by atoms with Gasteiger partial charge in [-0.15, -0.1) is 0 Å². The number of nitrogens with one attached hydrogen (secondary N) is 1. The summed E-state index contributed by atoms with van der Waals surface area (Å²) in [5.74, 6) is -0.344. The van der Waals surface area contributed by atoms with Gasteiger partial charge in [0.2, 0.25) is 0 Å². The zero-order chi connectivity index (χ0) is 13.4. The molecule has 0 radical (unpaired) electrons. The van der Waals surface area contributed by atoms with Gasteiger partial charge in [0, 0.05) is 12.7 Å². The standard InChI is InChI=1S/C14H13FN4/c1-19-8-17-13-7-10(3-5-14(13)19)18-12-4-2-9(15)6-11(12)16/h2-8,18H,16H2,1H3. The summed E-state index contributed by atoms with van der Waals surface area (Å²) < 4.78 is 14.9. The van der Waals surface area contributed by atoms with E-state index >= 15 is 0 Å². The molecule has 0 aliphatic rings. The third-order valence-corrected chi connectivity index (χ3v) is 3.02. The van der Waals surface area contributed by atoms with Crippen molar-refractivity contribution in [3.8, 4) is 0 Å². The molecule has 5 heteroatoms. The molecule has 3 N–H and O–H groups in total. The van der Waals surface area contributed by atoms with Gasteiger partial charge in [0.15, 0.2) is 0 Å². The molecular formula is C14H13FN4. The second-order valence-corrected chi connectivity index (χ2v) is 4.42. The molecule has 3 aromatic rings. The molecule has 1 aromatic heterocycles. The topological polar surface area (TPSA) is 55.9 Å². The second kappa shape index (κ2) is 4.28. The summed E-state index contributed by atoms with van der Waals surface area (Å²) in [6.07, 6.45) is 1.76. The Morgan fingerprint density at radius 3 is 2.84 bits per heavy atom. The molecule has 0 bridgehead atoms. The Morgan fingerprint density at radius 1 is 1.21 bits per heavy atom. The van der Waals surface area contributed by atoms with Gasteiger partial charge in [-0.2, -0.15) is 0 Å². The average Bonchev–Trinajstić information content (AvgIpc) is 2.74. The molecule has 0 atom stereocenters. The molecule has 96 valence electrons. The van der Waals surface area contributed by atoms with E-state index in [1.807, 2.05) is 29.8 Å². The molecule has 0 unspecified atom stereocenters. The molecule has 3 rings (SSSR count). The fraction of sp³-hybridized carbons (Fsp3) is 0.0714. The van der Waals surface area contributed by atoms with Crippen molar-refractivity contribution in [2.45, 2.75) is 0 Å². The highest BCUT2D eigenvalue weighted by atomic mass is 19.1. The summed E-state index contributed by atoms with van der Waals surface area (Å²) in [6, 6.07) is 10.1. The molecule has 0 spiro atoms. The first kappa shape index (κ1) is 11.5. The van der Waals surface area contributed by atoms with Crippen molar-refractivity contribution in [1.82, 2.24) is 9.55 Å². The molecule has 0 aliphatic heterocycles. The molecule has 1 heterocycles. The lowest BCUT2D eigenvalue weighted by Gasteiger charge is -2.09. The summed E-state index contributed by atoms with van der Waals surface area (Å²) in [5.41, 5.74) is 9.63. The quantitative estimate of drug-likeness (QED) is 0.693. The predicted octanol–water partition coefficient (Wildman–Crippen LogP) is 3.04. The number of fused-ring (bicyclic) bond motifs is 1. The monoisotopic (exact) mass is 256 g/mol. The van der Waals surface area contributed by atoms with Gasteiger partial charge in [-0.3, -0.25) is 0 Å². The van der Waals surface area contributed by atoms with Crippen molar-refractivity contribution in [3.63, 3.8) is 0 Å². The highest BCUT2D eigenvalue weighted by Gasteiger charge is 2.04. The van der Waals surface area contributed by atoms with Crippen LogP contribution >= 0.6 is 0 Å². The predicted molar refractivity (Wildman–Crippen MR) is 74.8 cm³/mol. The Morgan fingerprint density at radius 2 is 2.05 bits per heavy atom. The van der Waals surface area contributed by atoms with E-state index in [-0.39, 0.29) is 5.82 Å². The number of hydrogen-bond acceptors (Lipinski definition) is 3. The Bertz CT molecular complexity index is 748. The minimum Gasteiger partial charge on any atom is -0.397 e. The van der Waals surface area contributed by atoms with Gasteiger partial charge in [-0.25, -0.2) is 9.37 Å². The highest BCUT2D eigenvalue weighted by molar-refractivity contribution is 5.82. The molecular weight excluding hydrogens is 243 g/mol. The number of benzene rings is 2. The van der Waals surface area contributed by atoms with Crippen LogP contribution < -0.4 is 11.1 Å². The van der Waals surface area contributed by atoms with Gasteiger partial charge in [-0.1, -0.05) is 0 Å². The Balaban J connectivity index is 1.96. The number of imidazole rings is 1. The van der Waals surface area contributed by atoms with Gasteiger partial charge in [0.25, 0.3) is 0 Å². The molecule has 4 nitrogen and oxygen atoms in total. The van der Waals surface area contributed by atoms with Crippen molar-refractivity contribution < 1.29 is 4.39 Å². The van der Waals surface area contributed by atoms with Gasteiger partial charge < -0.3 is 15.6 Å². The van der Waals surface area contributed by atoms with Crippen LogP contribution in [0.5, 0.6) is 0 Å². The van der Waals surface area contributed by atoms with Gasteiger partial charge in [0.05, 0.1) is 28.7 Å². The molecule has 0 amide bonds. The van der Waals surface area contributed by atoms with Crippen LogP contribution in [0.2, 0.25) is 0 Å². The fourth-order valence-corrected chi connectivity index (χ4v) is 2.02. The van der Waals surface area contributed by atoms with E-state index in [4.69, 9.17) is 5.73 Å². The first-order valence-corrected chi connectivity index (χ1v) is 5.86. The molecule has 0 aliphatic carbocycles. The van der Waals surface area contributed by atoms with Crippen LogP contribution in [0.3, 0.4) is 0 Å². The first-order valence-electron chi connectivity index (χ1n) is 5.86. The van der Waals surface area contributed by atoms with Crippen molar-refractivity contribution in [2.24, 2.45) is 7.05 Å². The maximum absolute atomic E-state index is 13.0. The number of nitrogen functional groups attached to an aromatic ring is 1. The number of halogens is 1. The smallest absolute Gasteiger partial charge is 0.125 e. The maximum atomic E-state index is 13.0. The van der Waals surface area contributed by atoms with Gasteiger partial charge >= 0.3 is 0 Å². The zero-order valence-electron chi connectivity index (χ0n) is 10.4. The van der Waals surface area contributed by atoms with E-state index in [1.54, 1.807) is 12.4 Å². The molecule has 2 aromatic carbocycles. The fourth-order valence-electron chi connectivity index (χ4n) is 2.02.